The Labute approximate surface area is 158 Å². The lowest BCUT2D eigenvalue weighted by Crippen LogP contribution is -2.14. The Morgan fingerprint density at radius 3 is 2.73 bits per heavy atom. The number of halogens is 1. The SMILES string of the molecule is O=C(Cc1ccc2ccccc2c1)Nc1cc(-c2cncc(Br)c2)[nH]n1. The van der Waals surface area contributed by atoms with E-state index in [1.165, 1.54) is 0 Å². The molecule has 1 amide bonds. The van der Waals surface area contributed by atoms with Crippen LogP contribution >= 0.6 is 15.9 Å². The molecule has 0 spiro atoms. The van der Waals surface area contributed by atoms with Gasteiger partial charge in [0.1, 0.15) is 0 Å². The number of anilines is 1. The topological polar surface area (TPSA) is 70.7 Å². The van der Waals surface area contributed by atoms with Crippen LogP contribution in [0.1, 0.15) is 5.56 Å². The van der Waals surface area contributed by atoms with Crippen LogP contribution in [0.4, 0.5) is 5.82 Å². The number of carbonyl (C=O) groups excluding carboxylic acids is 1. The highest BCUT2D eigenvalue weighted by atomic mass is 79.9. The molecule has 2 aromatic heterocycles. The van der Waals surface area contributed by atoms with Crippen molar-refractivity contribution in [1.29, 1.82) is 0 Å². The van der Waals surface area contributed by atoms with Crippen LogP contribution < -0.4 is 5.32 Å². The van der Waals surface area contributed by atoms with Gasteiger partial charge in [-0.05, 0) is 38.3 Å². The number of aromatic nitrogens is 3. The molecular formula is C20H15BrN4O. The molecule has 0 saturated carbocycles. The third-order valence-electron chi connectivity index (χ3n) is 4.04. The average molecular weight is 407 g/mol. The van der Waals surface area contributed by atoms with Crippen LogP contribution in [0.15, 0.2) is 71.5 Å². The first kappa shape index (κ1) is 16.5. The Bertz CT molecular complexity index is 1090. The van der Waals surface area contributed by atoms with Crippen LogP contribution in [0.25, 0.3) is 22.0 Å². The van der Waals surface area contributed by atoms with Gasteiger partial charge >= 0.3 is 0 Å². The molecule has 2 N–H and O–H groups in total. The van der Waals surface area contributed by atoms with Crippen LogP contribution in [-0.4, -0.2) is 21.1 Å². The Morgan fingerprint density at radius 1 is 1.04 bits per heavy atom. The van der Waals surface area contributed by atoms with Crippen molar-refractivity contribution in [2.45, 2.75) is 6.42 Å². The predicted molar refractivity (Wildman–Crippen MR) is 106 cm³/mol. The van der Waals surface area contributed by atoms with Crippen molar-refractivity contribution in [3.63, 3.8) is 0 Å². The molecule has 6 heteroatoms. The Kier molecular flexibility index (Phi) is 4.50. The van der Waals surface area contributed by atoms with Crippen LogP contribution in [0.5, 0.6) is 0 Å². The van der Waals surface area contributed by atoms with Crippen molar-refractivity contribution in [1.82, 2.24) is 15.2 Å². The maximum atomic E-state index is 12.3. The molecule has 0 fully saturated rings. The van der Waals surface area contributed by atoms with E-state index >= 15 is 0 Å². The van der Waals surface area contributed by atoms with Crippen molar-refractivity contribution in [3.05, 3.63) is 77.0 Å². The Hall–Kier alpha value is -2.99. The molecule has 4 aromatic rings. The normalized spacial score (nSPS) is 10.8. The summed E-state index contributed by atoms with van der Waals surface area (Å²) < 4.78 is 0.881. The van der Waals surface area contributed by atoms with Crippen molar-refractivity contribution >= 4 is 38.4 Å². The fraction of sp³-hybridized carbons (Fsp3) is 0.0500. The van der Waals surface area contributed by atoms with Crippen molar-refractivity contribution in [2.24, 2.45) is 0 Å². The number of fused-ring (bicyclic) bond motifs is 1. The number of H-pyrrole nitrogens is 1. The number of hydrogen-bond donors (Lipinski definition) is 2. The molecule has 0 bridgehead atoms. The van der Waals surface area contributed by atoms with Gasteiger partial charge in [-0.3, -0.25) is 14.9 Å². The fourth-order valence-corrected chi connectivity index (χ4v) is 3.18. The number of amides is 1. The van der Waals surface area contributed by atoms with Gasteiger partial charge in [0.05, 0.1) is 12.1 Å². The molecule has 0 aliphatic rings. The van der Waals surface area contributed by atoms with E-state index in [9.17, 15) is 4.79 Å². The molecule has 0 unspecified atom stereocenters. The highest BCUT2D eigenvalue weighted by Crippen LogP contribution is 2.22. The fourth-order valence-electron chi connectivity index (χ4n) is 2.81. The lowest BCUT2D eigenvalue weighted by atomic mass is 10.0. The Balaban J connectivity index is 1.46. The molecule has 0 atom stereocenters. The lowest BCUT2D eigenvalue weighted by molar-refractivity contribution is -0.115. The summed E-state index contributed by atoms with van der Waals surface area (Å²) in [5.74, 6) is 0.386. The van der Waals surface area contributed by atoms with Gasteiger partial charge in [-0.1, -0.05) is 42.5 Å². The number of benzene rings is 2. The molecule has 2 heterocycles. The summed E-state index contributed by atoms with van der Waals surface area (Å²) in [6.07, 6.45) is 3.75. The number of hydrogen-bond acceptors (Lipinski definition) is 3. The Morgan fingerprint density at radius 2 is 1.88 bits per heavy atom. The monoisotopic (exact) mass is 406 g/mol. The molecule has 4 rings (SSSR count). The maximum Gasteiger partial charge on any atom is 0.229 e. The maximum absolute atomic E-state index is 12.3. The van der Waals surface area contributed by atoms with Gasteiger partial charge in [0.25, 0.3) is 0 Å². The van der Waals surface area contributed by atoms with Crippen molar-refractivity contribution < 1.29 is 4.79 Å². The second kappa shape index (κ2) is 7.09. The molecule has 0 saturated heterocycles. The first-order valence-corrected chi connectivity index (χ1v) is 8.90. The largest absolute Gasteiger partial charge is 0.309 e. The number of carbonyl (C=O) groups is 1. The van der Waals surface area contributed by atoms with E-state index in [2.05, 4.69) is 42.5 Å². The highest BCUT2D eigenvalue weighted by molar-refractivity contribution is 9.10. The summed E-state index contributed by atoms with van der Waals surface area (Å²) in [5, 5.41) is 12.2. The highest BCUT2D eigenvalue weighted by Gasteiger charge is 2.09. The quantitative estimate of drug-likeness (QED) is 0.521. The number of nitrogens with zero attached hydrogens (tertiary/aromatic N) is 2. The van der Waals surface area contributed by atoms with Crippen LogP contribution in [-0.2, 0) is 11.2 Å². The van der Waals surface area contributed by atoms with Crippen molar-refractivity contribution in [2.75, 3.05) is 5.32 Å². The lowest BCUT2D eigenvalue weighted by Gasteiger charge is -2.04. The molecule has 0 radical (unpaired) electrons. The standard InChI is InChI=1S/C20H15BrN4O/c21-17-9-16(11-22-12-17)18-10-19(25-24-18)23-20(26)8-13-5-6-14-3-1-2-4-15(14)7-13/h1-7,9-12H,8H2,(H2,23,24,25,26). The van der Waals surface area contributed by atoms with Crippen LogP contribution in [0, 0.1) is 0 Å². The summed E-state index contributed by atoms with van der Waals surface area (Å²) in [4.78, 5) is 16.5. The zero-order valence-corrected chi connectivity index (χ0v) is 15.3. The summed E-state index contributed by atoms with van der Waals surface area (Å²) in [7, 11) is 0. The molecule has 0 aliphatic heterocycles. The van der Waals surface area contributed by atoms with E-state index in [1.807, 2.05) is 42.5 Å². The number of nitrogens with one attached hydrogen (secondary N) is 2. The molecule has 128 valence electrons. The third-order valence-corrected chi connectivity index (χ3v) is 4.47. The van der Waals surface area contributed by atoms with Gasteiger partial charge in [0, 0.05) is 28.5 Å². The summed E-state index contributed by atoms with van der Waals surface area (Å²) in [6.45, 7) is 0. The van der Waals surface area contributed by atoms with Gasteiger partial charge in [-0.15, -0.1) is 0 Å². The number of aromatic amines is 1. The summed E-state index contributed by atoms with van der Waals surface area (Å²) >= 11 is 3.39. The van der Waals surface area contributed by atoms with E-state index < -0.39 is 0 Å². The first-order chi connectivity index (χ1) is 12.7. The first-order valence-electron chi connectivity index (χ1n) is 8.11. The smallest absolute Gasteiger partial charge is 0.229 e. The van der Waals surface area contributed by atoms with Gasteiger partial charge in [-0.25, -0.2) is 0 Å². The molecule has 0 aliphatic carbocycles. The molecule has 5 nitrogen and oxygen atoms in total. The molecular weight excluding hydrogens is 392 g/mol. The van der Waals surface area contributed by atoms with Crippen molar-refractivity contribution in [3.8, 4) is 11.3 Å². The average Bonchev–Trinajstić information content (AvgIpc) is 3.10. The number of rotatable bonds is 4. The second-order valence-electron chi connectivity index (χ2n) is 5.97. The minimum atomic E-state index is -0.106. The van der Waals surface area contributed by atoms with E-state index in [4.69, 9.17) is 0 Å². The number of pyridine rings is 1. The van der Waals surface area contributed by atoms with Gasteiger partial charge in [0.15, 0.2) is 5.82 Å². The zero-order chi connectivity index (χ0) is 17.9. The van der Waals surface area contributed by atoms with E-state index in [-0.39, 0.29) is 5.91 Å². The summed E-state index contributed by atoms with van der Waals surface area (Å²) in [6, 6.07) is 17.9. The van der Waals surface area contributed by atoms with E-state index in [0.29, 0.717) is 12.2 Å². The predicted octanol–water partition coefficient (Wildman–Crippen LogP) is 4.57. The van der Waals surface area contributed by atoms with Gasteiger partial charge in [-0.2, -0.15) is 5.10 Å². The van der Waals surface area contributed by atoms with E-state index in [1.54, 1.807) is 18.5 Å². The third kappa shape index (κ3) is 3.65. The van der Waals surface area contributed by atoms with Crippen LogP contribution in [0.3, 0.4) is 0 Å². The van der Waals surface area contributed by atoms with E-state index in [0.717, 1.165) is 32.1 Å². The molecule has 2 aromatic carbocycles. The summed E-state index contributed by atoms with van der Waals surface area (Å²) in [5.41, 5.74) is 2.65. The van der Waals surface area contributed by atoms with Crippen LogP contribution in [0.2, 0.25) is 0 Å². The van der Waals surface area contributed by atoms with Gasteiger partial charge in [0.2, 0.25) is 5.91 Å². The van der Waals surface area contributed by atoms with Gasteiger partial charge < -0.3 is 5.32 Å². The zero-order valence-electron chi connectivity index (χ0n) is 13.7. The molecule has 26 heavy (non-hydrogen) atoms. The minimum Gasteiger partial charge on any atom is -0.309 e. The second-order valence-corrected chi connectivity index (χ2v) is 6.88. The minimum absolute atomic E-state index is 0.106.